The molecule has 234 valence electrons. The topological polar surface area (TPSA) is 88.4 Å². The minimum absolute atomic E-state index is 0.0904. The summed E-state index contributed by atoms with van der Waals surface area (Å²) in [6, 6.07) is 29.2. The zero-order chi connectivity index (χ0) is 31.3. The van der Waals surface area contributed by atoms with Gasteiger partial charge in [-0.15, -0.1) is 0 Å². The second kappa shape index (κ2) is 16.9. The van der Waals surface area contributed by atoms with Gasteiger partial charge in [-0.3, -0.25) is 0 Å². The Labute approximate surface area is 259 Å². The molecule has 0 fully saturated rings. The summed E-state index contributed by atoms with van der Waals surface area (Å²) in [4.78, 5) is 0. The lowest BCUT2D eigenvalue weighted by atomic mass is 10.0. The van der Waals surface area contributed by atoms with E-state index in [4.69, 9.17) is 19.0 Å². The highest BCUT2D eigenvalue weighted by Gasteiger charge is 2.50. The van der Waals surface area contributed by atoms with Crippen LogP contribution in [-0.4, -0.2) is 62.3 Å². The van der Waals surface area contributed by atoms with Crippen LogP contribution in [0.25, 0.3) is 0 Å². The molecule has 3 N–H and O–H groups in total. The average Bonchev–Trinajstić information content (AvgIpc) is 3.00. The van der Waals surface area contributed by atoms with E-state index in [1.165, 1.54) is 10.4 Å². The average molecular weight is 607 g/mol. The number of rotatable bonds is 17. The van der Waals surface area contributed by atoms with E-state index in [0.717, 1.165) is 17.7 Å². The molecule has 0 bridgehead atoms. The molecule has 0 unspecified atom stereocenters. The number of hydrogen-bond acceptors (Lipinski definition) is 6. The van der Waals surface area contributed by atoms with Crippen molar-refractivity contribution in [2.75, 3.05) is 20.3 Å². The summed E-state index contributed by atoms with van der Waals surface area (Å²) in [6.45, 7) is 9.73. The van der Waals surface area contributed by atoms with Gasteiger partial charge in [0.1, 0.15) is 5.75 Å². The number of benzene rings is 3. The maximum absolute atomic E-state index is 10.2. The maximum atomic E-state index is 10.2. The molecule has 6 nitrogen and oxygen atoms in total. The maximum Gasteiger partial charge on any atom is 0.261 e. The largest absolute Gasteiger partial charge is 0.497 e. The molecule has 0 saturated heterocycles. The summed E-state index contributed by atoms with van der Waals surface area (Å²) >= 11 is 0. The molecule has 0 aliphatic rings. The van der Waals surface area contributed by atoms with Gasteiger partial charge in [-0.05, 0) is 51.9 Å². The van der Waals surface area contributed by atoms with Gasteiger partial charge < -0.3 is 29.2 Å². The molecule has 0 amide bonds. The van der Waals surface area contributed by atoms with Gasteiger partial charge in [0, 0.05) is 13.0 Å². The van der Waals surface area contributed by atoms with Crippen LogP contribution in [0.5, 0.6) is 5.75 Å². The predicted molar refractivity (Wildman–Crippen MR) is 176 cm³/mol. The van der Waals surface area contributed by atoms with E-state index in [9.17, 15) is 10.2 Å². The van der Waals surface area contributed by atoms with Crippen molar-refractivity contribution in [2.45, 2.75) is 76.9 Å². The van der Waals surface area contributed by atoms with Gasteiger partial charge in [0.2, 0.25) is 0 Å². The summed E-state index contributed by atoms with van der Waals surface area (Å²) in [5, 5.41) is 31.4. The lowest BCUT2D eigenvalue weighted by Crippen LogP contribution is -2.66. The highest BCUT2D eigenvalue weighted by molar-refractivity contribution is 6.99. The van der Waals surface area contributed by atoms with Crippen molar-refractivity contribution in [1.29, 1.82) is 0 Å². The van der Waals surface area contributed by atoms with Gasteiger partial charge in [-0.2, -0.15) is 0 Å². The second-order valence-electron chi connectivity index (χ2n) is 12.4. The number of aliphatic hydroxyl groups excluding tert-OH is 3. The molecule has 3 aromatic rings. The third-order valence-corrected chi connectivity index (χ3v) is 12.8. The van der Waals surface area contributed by atoms with Crippen LogP contribution in [0.1, 0.15) is 52.5 Å². The molecule has 0 aromatic heterocycles. The molecule has 3 aromatic carbocycles. The van der Waals surface area contributed by atoms with Crippen LogP contribution in [0.2, 0.25) is 5.04 Å². The third-order valence-electron chi connectivity index (χ3n) is 7.79. The standard InChI is InChI=1S/C36H50O6Si/c1-28(26-42-43(36(2,3)4,34-15-8-6-9-16-34)35-17-10-7-11-18-35)23-33(14-12-13-30(38)24-31(39)25-37)41-27-29-19-21-32(40-5)22-20-29/h6-13,15-22,28,30-31,33,37-39H,14,23-27H2,1-5H3/b13-12+/t28-,30-,31-,33+/m1/s1. The van der Waals surface area contributed by atoms with E-state index in [1.807, 2.05) is 30.3 Å². The SMILES string of the molecule is COc1ccc(CO[C@@H](C/C=C/[C@@H](O)C[C@@H](O)CO)C[C@@H](C)CO[Si](c2ccccc2)(c2ccccc2)C(C)(C)C)cc1. The van der Waals surface area contributed by atoms with Crippen molar-refractivity contribution < 1.29 is 29.2 Å². The molecule has 0 radical (unpaired) electrons. The zero-order valence-corrected chi connectivity index (χ0v) is 27.4. The smallest absolute Gasteiger partial charge is 0.261 e. The van der Waals surface area contributed by atoms with Crippen LogP contribution >= 0.6 is 0 Å². The Morgan fingerprint density at radius 1 is 0.837 bits per heavy atom. The zero-order valence-electron chi connectivity index (χ0n) is 26.4. The van der Waals surface area contributed by atoms with Crippen molar-refractivity contribution >= 4 is 18.7 Å². The first kappa shape index (κ1) is 34.7. The van der Waals surface area contributed by atoms with E-state index >= 15 is 0 Å². The summed E-state index contributed by atoms with van der Waals surface area (Å²) in [5.41, 5.74) is 1.05. The Hall–Kier alpha value is -2.78. The molecular formula is C36H50O6Si. The van der Waals surface area contributed by atoms with Gasteiger partial charge in [-0.25, -0.2) is 0 Å². The molecular weight excluding hydrogens is 556 g/mol. The molecule has 0 heterocycles. The van der Waals surface area contributed by atoms with Gasteiger partial charge in [-0.1, -0.05) is 113 Å². The monoisotopic (exact) mass is 606 g/mol. The first-order valence-electron chi connectivity index (χ1n) is 15.2. The van der Waals surface area contributed by atoms with Gasteiger partial charge >= 0.3 is 0 Å². The highest BCUT2D eigenvalue weighted by atomic mass is 28.4. The van der Waals surface area contributed by atoms with Crippen molar-refractivity contribution in [3.8, 4) is 5.75 Å². The van der Waals surface area contributed by atoms with E-state index in [-0.39, 0.29) is 30.1 Å². The van der Waals surface area contributed by atoms with Crippen LogP contribution in [0.3, 0.4) is 0 Å². The Morgan fingerprint density at radius 2 is 1.42 bits per heavy atom. The Bertz CT molecular complexity index is 1170. The minimum Gasteiger partial charge on any atom is -0.497 e. The van der Waals surface area contributed by atoms with Crippen molar-refractivity contribution in [2.24, 2.45) is 5.92 Å². The van der Waals surface area contributed by atoms with Crippen molar-refractivity contribution in [3.63, 3.8) is 0 Å². The van der Waals surface area contributed by atoms with Gasteiger partial charge in [0.25, 0.3) is 8.32 Å². The number of aliphatic hydroxyl groups is 3. The van der Waals surface area contributed by atoms with Gasteiger partial charge in [0.05, 0.1) is 38.6 Å². The highest BCUT2D eigenvalue weighted by Crippen LogP contribution is 2.37. The predicted octanol–water partition coefficient (Wildman–Crippen LogP) is 5.23. The van der Waals surface area contributed by atoms with Crippen LogP contribution < -0.4 is 15.1 Å². The fraction of sp³-hybridized carbons (Fsp3) is 0.444. The normalized spacial score (nSPS) is 15.3. The Kier molecular flexibility index (Phi) is 13.6. The van der Waals surface area contributed by atoms with Gasteiger partial charge in [0.15, 0.2) is 0 Å². The number of ether oxygens (including phenoxy) is 2. The fourth-order valence-electron chi connectivity index (χ4n) is 5.53. The number of hydrogen-bond donors (Lipinski definition) is 3. The number of methoxy groups -OCH3 is 1. The minimum atomic E-state index is -2.65. The summed E-state index contributed by atoms with van der Waals surface area (Å²) in [7, 11) is -0.996. The van der Waals surface area contributed by atoms with Crippen molar-refractivity contribution in [3.05, 3.63) is 103 Å². The third kappa shape index (κ3) is 10.1. The Morgan fingerprint density at radius 3 is 1.93 bits per heavy atom. The molecule has 0 saturated carbocycles. The molecule has 0 spiro atoms. The summed E-state index contributed by atoms with van der Waals surface area (Å²) in [6.07, 6.45) is 3.16. The van der Waals surface area contributed by atoms with Crippen molar-refractivity contribution in [1.82, 2.24) is 0 Å². The summed E-state index contributed by atoms with van der Waals surface area (Å²) < 4.78 is 18.9. The van der Waals surface area contributed by atoms with Crippen LogP contribution in [-0.2, 0) is 15.8 Å². The van der Waals surface area contributed by atoms with E-state index in [0.29, 0.717) is 19.6 Å². The molecule has 3 rings (SSSR count). The molecule has 7 heteroatoms. The van der Waals surface area contributed by atoms with E-state index in [1.54, 1.807) is 13.2 Å². The Balaban J connectivity index is 1.77. The lowest BCUT2D eigenvalue weighted by Gasteiger charge is -2.43. The van der Waals surface area contributed by atoms with Crippen LogP contribution in [0.4, 0.5) is 0 Å². The lowest BCUT2D eigenvalue weighted by molar-refractivity contribution is 0.0222. The first-order valence-corrected chi connectivity index (χ1v) is 17.1. The molecule has 0 aliphatic carbocycles. The first-order chi connectivity index (χ1) is 20.6. The summed E-state index contributed by atoms with van der Waals surface area (Å²) in [5.74, 6) is 1.01. The molecule has 0 aliphatic heterocycles. The second-order valence-corrected chi connectivity index (χ2v) is 16.7. The van der Waals surface area contributed by atoms with E-state index < -0.39 is 20.5 Å². The molecule has 4 atom stereocenters. The van der Waals surface area contributed by atoms with Crippen LogP contribution in [0.15, 0.2) is 97.1 Å². The quantitative estimate of drug-likeness (QED) is 0.144. The van der Waals surface area contributed by atoms with Crippen LogP contribution in [0, 0.1) is 5.92 Å². The fourth-order valence-corrected chi connectivity index (χ4v) is 10.2. The van der Waals surface area contributed by atoms with E-state index in [2.05, 4.69) is 88.4 Å². The molecule has 43 heavy (non-hydrogen) atoms.